The summed E-state index contributed by atoms with van der Waals surface area (Å²) in [5, 5.41) is 8.92. The standard InChI is InChI=1S/C15H19N3O2/c1-9-4-5-17-14(6-9)18-10(2)7-12(11(18)3)8-13(16)15(19)20/h4-7,13H,8,16H2,1-3H3,(H,19,20). The highest BCUT2D eigenvalue weighted by atomic mass is 16.4. The number of carbonyl (C=O) groups is 1. The van der Waals surface area contributed by atoms with Gasteiger partial charge in [0.1, 0.15) is 11.9 Å². The van der Waals surface area contributed by atoms with Crippen molar-refractivity contribution in [1.29, 1.82) is 0 Å². The van der Waals surface area contributed by atoms with Gasteiger partial charge in [-0.3, -0.25) is 4.79 Å². The van der Waals surface area contributed by atoms with Gasteiger partial charge in [0.05, 0.1) is 0 Å². The Kier molecular flexibility index (Phi) is 3.90. The van der Waals surface area contributed by atoms with Gasteiger partial charge in [-0.2, -0.15) is 0 Å². The van der Waals surface area contributed by atoms with Crippen molar-refractivity contribution < 1.29 is 9.90 Å². The summed E-state index contributed by atoms with van der Waals surface area (Å²) < 4.78 is 2.02. The molecule has 1 atom stereocenters. The lowest BCUT2D eigenvalue weighted by Crippen LogP contribution is -2.32. The maximum atomic E-state index is 10.9. The highest BCUT2D eigenvalue weighted by Gasteiger charge is 2.17. The zero-order valence-electron chi connectivity index (χ0n) is 11.9. The second kappa shape index (κ2) is 5.46. The lowest BCUT2D eigenvalue weighted by atomic mass is 10.1. The van der Waals surface area contributed by atoms with Crippen LogP contribution in [0.15, 0.2) is 24.4 Å². The molecule has 0 spiro atoms. The maximum absolute atomic E-state index is 10.9. The highest BCUT2D eigenvalue weighted by Crippen LogP contribution is 2.21. The van der Waals surface area contributed by atoms with Gasteiger partial charge in [0.2, 0.25) is 0 Å². The summed E-state index contributed by atoms with van der Waals surface area (Å²) in [6.45, 7) is 5.95. The molecule has 2 heterocycles. The van der Waals surface area contributed by atoms with Crippen LogP contribution in [-0.4, -0.2) is 26.7 Å². The lowest BCUT2D eigenvalue weighted by Gasteiger charge is -2.10. The third-order valence-electron chi connectivity index (χ3n) is 3.42. The SMILES string of the molecule is Cc1ccnc(-n2c(C)cc(CC(N)C(=O)O)c2C)c1. The number of hydrogen-bond donors (Lipinski definition) is 2. The number of carboxylic acid groups (broad SMARTS) is 1. The summed E-state index contributed by atoms with van der Waals surface area (Å²) in [5.74, 6) is -0.140. The van der Waals surface area contributed by atoms with Crippen LogP contribution < -0.4 is 5.73 Å². The molecule has 106 valence electrons. The Bertz CT molecular complexity index is 647. The van der Waals surface area contributed by atoms with E-state index in [4.69, 9.17) is 10.8 Å². The van der Waals surface area contributed by atoms with Crippen molar-refractivity contribution in [3.8, 4) is 5.82 Å². The van der Waals surface area contributed by atoms with Crippen LogP contribution in [0.1, 0.15) is 22.5 Å². The van der Waals surface area contributed by atoms with E-state index >= 15 is 0 Å². The molecule has 2 aromatic heterocycles. The topological polar surface area (TPSA) is 81.1 Å². The monoisotopic (exact) mass is 273 g/mol. The third kappa shape index (κ3) is 2.72. The van der Waals surface area contributed by atoms with E-state index in [1.54, 1.807) is 6.20 Å². The molecule has 0 aromatic carbocycles. The minimum Gasteiger partial charge on any atom is -0.480 e. The van der Waals surface area contributed by atoms with Crippen molar-refractivity contribution in [2.45, 2.75) is 33.2 Å². The third-order valence-corrected chi connectivity index (χ3v) is 3.42. The average molecular weight is 273 g/mol. The Labute approximate surface area is 118 Å². The molecule has 0 aliphatic carbocycles. The van der Waals surface area contributed by atoms with Crippen molar-refractivity contribution in [3.63, 3.8) is 0 Å². The van der Waals surface area contributed by atoms with Crippen LogP contribution >= 0.6 is 0 Å². The van der Waals surface area contributed by atoms with Crippen LogP contribution in [0.25, 0.3) is 5.82 Å². The molecule has 3 N–H and O–H groups in total. The van der Waals surface area contributed by atoms with E-state index in [0.717, 1.165) is 28.3 Å². The van der Waals surface area contributed by atoms with E-state index < -0.39 is 12.0 Å². The molecule has 2 aromatic rings. The molecule has 0 aliphatic heterocycles. The molecule has 0 aliphatic rings. The fraction of sp³-hybridized carbons (Fsp3) is 0.333. The van der Waals surface area contributed by atoms with E-state index in [1.165, 1.54) is 0 Å². The number of nitrogens with zero attached hydrogens (tertiary/aromatic N) is 2. The van der Waals surface area contributed by atoms with Crippen LogP contribution in [0.3, 0.4) is 0 Å². The van der Waals surface area contributed by atoms with E-state index in [-0.39, 0.29) is 0 Å². The van der Waals surface area contributed by atoms with Crippen LogP contribution in [0.5, 0.6) is 0 Å². The predicted octanol–water partition coefficient (Wildman–Crippen LogP) is 1.75. The van der Waals surface area contributed by atoms with Gasteiger partial charge in [-0.15, -0.1) is 0 Å². The number of aliphatic carboxylic acids is 1. The van der Waals surface area contributed by atoms with E-state index in [1.807, 2.05) is 43.5 Å². The smallest absolute Gasteiger partial charge is 0.320 e. The molecule has 0 saturated heterocycles. The van der Waals surface area contributed by atoms with Crippen LogP contribution in [-0.2, 0) is 11.2 Å². The van der Waals surface area contributed by atoms with E-state index in [0.29, 0.717) is 6.42 Å². The van der Waals surface area contributed by atoms with Crippen LogP contribution in [0, 0.1) is 20.8 Å². The molecular weight excluding hydrogens is 254 g/mol. The van der Waals surface area contributed by atoms with Crippen molar-refractivity contribution in [2.75, 3.05) is 0 Å². The number of pyridine rings is 1. The van der Waals surface area contributed by atoms with Crippen molar-refractivity contribution in [3.05, 3.63) is 46.9 Å². The van der Waals surface area contributed by atoms with Gasteiger partial charge in [0, 0.05) is 24.0 Å². The average Bonchev–Trinajstić information content (AvgIpc) is 2.64. The minimum atomic E-state index is -0.983. The van der Waals surface area contributed by atoms with Gasteiger partial charge in [-0.25, -0.2) is 4.98 Å². The number of aryl methyl sites for hydroxylation is 2. The van der Waals surface area contributed by atoms with E-state index in [9.17, 15) is 4.79 Å². The first kappa shape index (κ1) is 14.3. The Morgan fingerprint density at radius 1 is 1.40 bits per heavy atom. The number of carboxylic acids is 1. The molecule has 0 radical (unpaired) electrons. The van der Waals surface area contributed by atoms with Crippen molar-refractivity contribution >= 4 is 5.97 Å². The lowest BCUT2D eigenvalue weighted by molar-refractivity contribution is -0.138. The normalized spacial score (nSPS) is 12.4. The summed E-state index contributed by atoms with van der Waals surface area (Å²) in [4.78, 5) is 15.3. The molecule has 0 bridgehead atoms. The largest absolute Gasteiger partial charge is 0.480 e. The molecule has 5 heteroatoms. The maximum Gasteiger partial charge on any atom is 0.320 e. The summed E-state index contributed by atoms with van der Waals surface area (Å²) in [6, 6.07) is 5.04. The first-order valence-corrected chi connectivity index (χ1v) is 6.49. The second-order valence-electron chi connectivity index (χ2n) is 5.07. The Morgan fingerprint density at radius 2 is 2.10 bits per heavy atom. The summed E-state index contributed by atoms with van der Waals surface area (Å²) >= 11 is 0. The summed E-state index contributed by atoms with van der Waals surface area (Å²) in [7, 11) is 0. The van der Waals surface area contributed by atoms with Crippen LogP contribution in [0.2, 0.25) is 0 Å². The number of hydrogen-bond acceptors (Lipinski definition) is 3. The fourth-order valence-electron chi connectivity index (χ4n) is 2.36. The first-order chi connectivity index (χ1) is 9.40. The Morgan fingerprint density at radius 3 is 2.70 bits per heavy atom. The van der Waals surface area contributed by atoms with Gasteiger partial charge < -0.3 is 15.4 Å². The molecular formula is C15H19N3O2. The minimum absolute atomic E-state index is 0.320. The van der Waals surface area contributed by atoms with Gasteiger partial charge in [-0.05, 0) is 50.1 Å². The number of nitrogens with two attached hydrogens (primary N) is 1. The highest BCUT2D eigenvalue weighted by molar-refractivity contribution is 5.73. The molecule has 0 saturated carbocycles. The van der Waals surface area contributed by atoms with Gasteiger partial charge in [-0.1, -0.05) is 0 Å². The molecule has 0 amide bonds. The Balaban J connectivity index is 2.41. The molecule has 1 unspecified atom stereocenters. The number of aromatic nitrogens is 2. The quantitative estimate of drug-likeness (QED) is 0.889. The predicted molar refractivity (Wildman–Crippen MR) is 77.1 cm³/mol. The zero-order valence-corrected chi connectivity index (χ0v) is 11.9. The van der Waals surface area contributed by atoms with Gasteiger partial charge >= 0.3 is 5.97 Å². The van der Waals surface area contributed by atoms with E-state index in [2.05, 4.69) is 4.98 Å². The van der Waals surface area contributed by atoms with Crippen molar-refractivity contribution in [2.24, 2.45) is 5.73 Å². The zero-order chi connectivity index (χ0) is 14.9. The summed E-state index contributed by atoms with van der Waals surface area (Å²) in [6.07, 6.45) is 2.09. The first-order valence-electron chi connectivity index (χ1n) is 6.49. The van der Waals surface area contributed by atoms with Gasteiger partial charge in [0.25, 0.3) is 0 Å². The fourth-order valence-corrected chi connectivity index (χ4v) is 2.36. The van der Waals surface area contributed by atoms with Crippen molar-refractivity contribution in [1.82, 2.24) is 9.55 Å². The molecule has 0 fully saturated rings. The number of rotatable bonds is 4. The Hall–Kier alpha value is -2.14. The van der Waals surface area contributed by atoms with Crippen LogP contribution in [0.4, 0.5) is 0 Å². The second-order valence-corrected chi connectivity index (χ2v) is 5.07. The summed E-state index contributed by atoms with van der Waals surface area (Å²) in [5.41, 5.74) is 9.70. The molecule has 2 rings (SSSR count). The van der Waals surface area contributed by atoms with Gasteiger partial charge in [0.15, 0.2) is 0 Å². The molecule has 5 nitrogen and oxygen atoms in total. The molecule has 20 heavy (non-hydrogen) atoms.